The summed E-state index contributed by atoms with van der Waals surface area (Å²) in [4.78, 5) is 0. The van der Waals surface area contributed by atoms with Crippen molar-refractivity contribution in [3.63, 3.8) is 0 Å². The zero-order chi connectivity index (χ0) is 16.2. The Morgan fingerprint density at radius 3 is 2.91 bits per heavy atom. The predicted molar refractivity (Wildman–Crippen MR) is 86.5 cm³/mol. The highest BCUT2D eigenvalue weighted by Crippen LogP contribution is 2.31. The minimum absolute atomic E-state index is 0.490. The maximum absolute atomic E-state index is 6.14. The van der Waals surface area contributed by atoms with Crippen LogP contribution in [0.15, 0.2) is 34.7 Å². The summed E-state index contributed by atoms with van der Waals surface area (Å²) in [6, 6.07) is 9.33. The van der Waals surface area contributed by atoms with Crippen LogP contribution in [-0.4, -0.2) is 27.3 Å². The zero-order valence-electron chi connectivity index (χ0n) is 12.8. The molecule has 0 spiro atoms. The van der Waals surface area contributed by atoms with E-state index in [-0.39, 0.29) is 0 Å². The van der Waals surface area contributed by atoms with E-state index in [0.717, 1.165) is 17.1 Å². The van der Waals surface area contributed by atoms with Crippen molar-refractivity contribution in [2.45, 2.75) is 20.0 Å². The van der Waals surface area contributed by atoms with Crippen LogP contribution in [0, 0.1) is 0 Å². The van der Waals surface area contributed by atoms with Gasteiger partial charge in [-0.15, -0.1) is 0 Å². The van der Waals surface area contributed by atoms with Crippen molar-refractivity contribution in [2.75, 3.05) is 12.4 Å². The Kier molecular flexibility index (Phi) is 4.47. The molecule has 0 aliphatic carbocycles. The van der Waals surface area contributed by atoms with E-state index >= 15 is 0 Å². The smallest absolute Gasteiger partial charge is 0.243 e. The minimum atomic E-state index is 0.490. The molecular formula is C15H16ClN5O2. The molecule has 3 aromatic rings. The Balaban J connectivity index is 1.72. The molecule has 0 amide bonds. The first-order chi connectivity index (χ1) is 11.2. The predicted octanol–water partition coefficient (Wildman–Crippen LogP) is 3.23. The maximum atomic E-state index is 6.14. The molecule has 2 aromatic heterocycles. The van der Waals surface area contributed by atoms with Gasteiger partial charge in [0.25, 0.3) is 0 Å². The lowest BCUT2D eigenvalue weighted by Gasteiger charge is -2.05. The van der Waals surface area contributed by atoms with Crippen molar-refractivity contribution in [3.05, 3.63) is 41.1 Å². The number of hydrogen-bond donors (Lipinski definition) is 1. The van der Waals surface area contributed by atoms with Crippen LogP contribution in [-0.2, 0) is 13.1 Å². The first kappa shape index (κ1) is 15.4. The second-order valence-corrected chi connectivity index (χ2v) is 5.19. The van der Waals surface area contributed by atoms with E-state index in [4.69, 9.17) is 20.8 Å². The standard InChI is InChI=1S/C15H16ClN5O2/c1-3-21-15(18-19-20-21)17-9-11-5-7-13(23-11)10-4-6-14(22-2)12(16)8-10/h4-8H,3,9H2,1-2H3,(H,17,18,20). The molecule has 7 nitrogen and oxygen atoms in total. The van der Waals surface area contributed by atoms with E-state index in [1.165, 1.54) is 0 Å². The van der Waals surface area contributed by atoms with Crippen molar-refractivity contribution < 1.29 is 9.15 Å². The van der Waals surface area contributed by atoms with Crippen LogP contribution >= 0.6 is 11.6 Å². The Hall–Kier alpha value is -2.54. The van der Waals surface area contributed by atoms with Gasteiger partial charge >= 0.3 is 0 Å². The molecule has 0 radical (unpaired) electrons. The molecule has 0 fully saturated rings. The number of halogens is 1. The van der Waals surface area contributed by atoms with Crippen LogP contribution in [0.25, 0.3) is 11.3 Å². The average Bonchev–Trinajstić information content (AvgIpc) is 3.21. The molecule has 2 heterocycles. The summed E-state index contributed by atoms with van der Waals surface area (Å²) in [6.07, 6.45) is 0. The third kappa shape index (κ3) is 3.29. The van der Waals surface area contributed by atoms with Gasteiger partial charge in [-0.2, -0.15) is 0 Å². The fourth-order valence-electron chi connectivity index (χ4n) is 2.16. The molecule has 1 aromatic carbocycles. The second kappa shape index (κ2) is 6.70. The van der Waals surface area contributed by atoms with E-state index in [0.29, 0.717) is 29.8 Å². The monoisotopic (exact) mass is 333 g/mol. The number of hydrogen-bond acceptors (Lipinski definition) is 6. The molecule has 0 unspecified atom stereocenters. The first-order valence-corrected chi connectivity index (χ1v) is 7.51. The lowest BCUT2D eigenvalue weighted by molar-refractivity contribution is 0.415. The highest BCUT2D eigenvalue weighted by Gasteiger charge is 2.09. The van der Waals surface area contributed by atoms with Crippen molar-refractivity contribution in [2.24, 2.45) is 0 Å². The van der Waals surface area contributed by atoms with Crippen molar-refractivity contribution >= 4 is 17.5 Å². The van der Waals surface area contributed by atoms with E-state index in [1.54, 1.807) is 11.8 Å². The number of rotatable bonds is 6. The number of anilines is 1. The fourth-order valence-corrected chi connectivity index (χ4v) is 2.42. The topological polar surface area (TPSA) is 78.0 Å². The number of nitrogens with zero attached hydrogens (tertiary/aromatic N) is 4. The number of ether oxygens (including phenoxy) is 1. The lowest BCUT2D eigenvalue weighted by atomic mass is 10.2. The summed E-state index contributed by atoms with van der Waals surface area (Å²) >= 11 is 6.14. The van der Waals surface area contributed by atoms with Crippen LogP contribution in [0.5, 0.6) is 5.75 Å². The molecule has 23 heavy (non-hydrogen) atoms. The zero-order valence-corrected chi connectivity index (χ0v) is 13.5. The van der Waals surface area contributed by atoms with Gasteiger partial charge in [0.15, 0.2) is 0 Å². The molecular weight excluding hydrogens is 318 g/mol. The summed E-state index contributed by atoms with van der Waals surface area (Å²) in [6.45, 7) is 3.16. The third-order valence-corrected chi connectivity index (χ3v) is 3.65. The van der Waals surface area contributed by atoms with Crippen LogP contribution in [0.4, 0.5) is 5.95 Å². The average molecular weight is 334 g/mol. The highest BCUT2D eigenvalue weighted by molar-refractivity contribution is 6.32. The minimum Gasteiger partial charge on any atom is -0.495 e. The summed E-state index contributed by atoms with van der Waals surface area (Å²) < 4.78 is 12.7. The van der Waals surface area contributed by atoms with Gasteiger partial charge in [-0.1, -0.05) is 16.7 Å². The molecule has 0 atom stereocenters. The second-order valence-electron chi connectivity index (χ2n) is 4.79. The van der Waals surface area contributed by atoms with Crippen LogP contribution in [0.1, 0.15) is 12.7 Å². The molecule has 0 aliphatic heterocycles. The Morgan fingerprint density at radius 1 is 1.30 bits per heavy atom. The van der Waals surface area contributed by atoms with Gasteiger partial charge in [-0.25, -0.2) is 4.68 Å². The fraction of sp³-hybridized carbons (Fsp3) is 0.267. The van der Waals surface area contributed by atoms with E-state index in [9.17, 15) is 0 Å². The summed E-state index contributed by atoms with van der Waals surface area (Å²) in [5.41, 5.74) is 0.889. The van der Waals surface area contributed by atoms with Crippen molar-refractivity contribution in [3.8, 4) is 17.1 Å². The van der Waals surface area contributed by atoms with E-state index in [2.05, 4.69) is 20.8 Å². The quantitative estimate of drug-likeness (QED) is 0.746. The molecule has 0 saturated heterocycles. The summed E-state index contributed by atoms with van der Waals surface area (Å²) in [5.74, 6) is 2.76. The van der Waals surface area contributed by atoms with Crippen LogP contribution < -0.4 is 10.1 Å². The number of benzene rings is 1. The maximum Gasteiger partial charge on any atom is 0.243 e. The molecule has 8 heteroatoms. The number of furan rings is 1. The van der Waals surface area contributed by atoms with Gasteiger partial charge in [0, 0.05) is 12.1 Å². The molecule has 0 aliphatic rings. The molecule has 3 rings (SSSR count). The van der Waals surface area contributed by atoms with Gasteiger partial charge in [0.05, 0.1) is 18.7 Å². The number of methoxy groups -OCH3 is 1. The number of aryl methyl sites for hydroxylation is 1. The van der Waals surface area contributed by atoms with Crippen molar-refractivity contribution in [1.82, 2.24) is 20.2 Å². The van der Waals surface area contributed by atoms with E-state index < -0.39 is 0 Å². The van der Waals surface area contributed by atoms with Gasteiger partial charge < -0.3 is 14.5 Å². The molecule has 120 valence electrons. The highest BCUT2D eigenvalue weighted by atomic mass is 35.5. The number of aromatic nitrogens is 4. The normalized spacial score (nSPS) is 10.7. The number of nitrogens with one attached hydrogen (secondary N) is 1. The first-order valence-electron chi connectivity index (χ1n) is 7.14. The molecule has 0 bridgehead atoms. The summed E-state index contributed by atoms with van der Waals surface area (Å²) in [5, 5.41) is 15.1. The third-order valence-electron chi connectivity index (χ3n) is 3.35. The van der Waals surface area contributed by atoms with E-state index in [1.807, 2.05) is 37.3 Å². The Morgan fingerprint density at radius 2 is 2.17 bits per heavy atom. The largest absolute Gasteiger partial charge is 0.495 e. The molecule has 0 saturated carbocycles. The van der Waals surface area contributed by atoms with Gasteiger partial charge in [0.1, 0.15) is 17.3 Å². The van der Waals surface area contributed by atoms with Gasteiger partial charge in [0.2, 0.25) is 5.95 Å². The number of tetrazole rings is 1. The van der Waals surface area contributed by atoms with Crippen molar-refractivity contribution in [1.29, 1.82) is 0 Å². The Bertz CT molecular complexity index is 799. The van der Waals surface area contributed by atoms with Crippen LogP contribution in [0.2, 0.25) is 5.02 Å². The lowest BCUT2D eigenvalue weighted by Crippen LogP contribution is -2.07. The molecule has 1 N–H and O–H groups in total. The summed E-state index contributed by atoms with van der Waals surface area (Å²) in [7, 11) is 1.58. The van der Waals surface area contributed by atoms with Gasteiger partial charge in [-0.05, 0) is 47.7 Å². The van der Waals surface area contributed by atoms with Gasteiger partial charge in [-0.3, -0.25) is 0 Å². The Labute approximate surface area is 138 Å². The SMILES string of the molecule is CCn1nnnc1NCc1ccc(-c2ccc(OC)c(Cl)c2)o1. The van der Waals surface area contributed by atoms with Crippen LogP contribution in [0.3, 0.4) is 0 Å².